The van der Waals surface area contributed by atoms with Gasteiger partial charge in [0.1, 0.15) is 11.6 Å². The van der Waals surface area contributed by atoms with Crippen molar-refractivity contribution in [1.29, 1.82) is 0 Å². The third-order valence-corrected chi connectivity index (χ3v) is 3.53. The van der Waals surface area contributed by atoms with E-state index in [1.54, 1.807) is 18.2 Å². The van der Waals surface area contributed by atoms with Gasteiger partial charge >= 0.3 is 5.97 Å². The predicted molar refractivity (Wildman–Crippen MR) is 76.3 cm³/mol. The van der Waals surface area contributed by atoms with Crippen molar-refractivity contribution in [2.24, 2.45) is 5.92 Å². The molecule has 21 heavy (non-hydrogen) atoms. The third kappa shape index (κ3) is 4.02. The number of halogens is 3. The molecule has 5 heteroatoms. The second-order valence-corrected chi connectivity index (χ2v) is 5.19. The fourth-order valence-corrected chi connectivity index (χ4v) is 2.33. The first kappa shape index (κ1) is 15.4. The molecule has 2 rings (SSSR count). The minimum Gasteiger partial charge on any atom is -0.481 e. The van der Waals surface area contributed by atoms with Crippen LogP contribution in [0.4, 0.5) is 8.78 Å². The summed E-state index contributed by atoms with van der Waals surface area (Å²) < 4.78 is 26.7. The van der Waals surface area contributed by atoms with Crippen LogP contribution in [0.1, 0.15) is 11.1 Å². The first-order valence-corrected chi connectivity index (χ1v) is 6.75. The summed E-state index contributed by atoms with van der Waals surface area (Å²) in [5, 5.41) is 9.23. The van der Waals surface area contributed by atoms with E-state index >= 15 is 0 Å². The topological polar surface area (TPSA) is 37.3 Å². The molecule has 0 amide bonds. The molecule has 1 N–H and O–H groups in total. The molecule has 0 aliphatic heterocycles. The van der Waals surface area contributed by atoms with Crippen LogP contribution in [0.25, 0.3) is 0 Å². The Morgan fingerprint density at radius 3 is 2.43 bits per heavy atom. The van der Waals surface area contributed by atoms with Gasteiger partial charge < -0.3 is 5.11 Å². The number of benzene rings is 2. The Balaban J connectivity index is 2.18. The van der Waals surface area contributed by atoms with Crippen molar-refractivity contribution < 1.29 is 18.7 Å². The highest BCUT2D eigenvalue weighted by atomic mass is 35.5. The molecular formula is C16H13ClF2O2. The second-order valence-electron chi connectivity index (χ2n) is 4.78. The lowest BCUT2D eigenvalue weighted by atomic mass is 9.92. The summed E-state index contributed by atoms with van der Waals surface area (Å²) in [7, 11) is 0. The Bertz CT molecular complexity index is 658. The molecule has 0 aliphatic carbocycles. The average molecular weight is 311 g/mol. The van der Waals surface area contributed by atoms with E-state index in [4.69, 9.17) is 11.6 Å². The number of carboxylic acid groups (broad SMARTS) is 1. The monoisotopic (exact) mass is 310 g/mol. The molecule has 0 fully saturated rings. The lowest BCUT2D eigenvalue weighted by Gasteiger charge is -2.13. The minimum absolute atomic E-state index is 0.0532. The zero-order valence-electron chi connectivity index (χ0n) is 11.0. The maximum atomic E-state index is 13.6. The van der Waals surface area contributed by atoms with E-state index in [2.05, 4.69) is 0 Å². The molecule has 0 spiro atoms. The summed E-state index contributed by atoms with van der Waals surface area (Å²) >= 11 is 5.68. The maximum Gasteiger partial charge on any atom is 0.307 e. The van der Waals surface area contributed by atoms with Crippen LogP contribution >= 0.6 is 11.6 Å². The second kappa shape index (κ2) is 6.68. The van der Waals surface area contributed by atoms with Crippen molar-refractivity contribution in [3.8, 4) is 0 Å². The number of hydrogen-bond donors (Lipinski definition) is 1. The van der Waals surface area contributed by atoms with Gasteiger partial charge in [-0.05, 0) is 42.2 Å². The van der Waals surface area contributed by atoms with Crippen molar-refractivity contribution in [2.75, 3.05) is 0 Å². The molecule has 1 atom stereocenters. The Morgan fingerprint density at radius 1 is 1.10 bits per heavy atom. The van der Waals surface area contributed by atoms with Gasteiger partial charge in [0.2, 0.25) is 0 Å². The van der Waals surface area contributed by atoms with Crippen LogP contribution in [0.3, 0.4) is 0 Å². The summed E-state index contributed by atoms with van der Waals surface area (Å²) in [4.78, 5) is 11.3. The van der Waals surface area contributed by atoms with E-state index < -0.39 is 23.5 Å². The van der Waals surface area contributed by atoms with Crippen LogP contribution in [-0.2, 0) is 17.6 Å². The zero-order chi connectivity index (χ0) is 15.4. The molecular weight excluding hydrogens is 298 g/mol. The standard InChI is InChI=1S/C16H13ClF2O2/c17-13-8-10(5-6-15(13)19)7-12(16(20)21)9-11-3-1-2-4-14(11)18/h1-6,8,12H,7,9H2,(H,20,21). The summed E-state index contributed by atoms with van der Waals surface area (Å²) in [5.41, 5.74) is 0.947. The molecule has 0 saturated carbocycles. The molecule has 0 aromatic heterocycles. The summed E-state index contributed by atoms with van der Waals surface area (Å²) in [6, 6.07) is 10.1. The van der Waals surface area contributed by atoms with Gasteiger partial charge in [-0.25, -0.2) is 8.78 Å². The first-order chi connectivity index (χ1) is 9.97. The van der Waals surface area contributed by atoms with Crippen molar-refractivity contribution >= 4 is 17.6 Å². The van der Waals surface area contributed by atoms with E-state index in [0.717, 1.165) is 0 Å². The van der Waals surface area contributed by atoms with Crippen molar-refractivity contribution in [1.82, 2.24) is 0 Å². The first-order valence-electron chi connectivity index (χ1n) is 6.37. The average Bonchev–Trinajstić information content (AvgIpc) is 2.44. The van der Waals surface area contributed by atoms with Crippen molar-refractivity contribution in [2.45, 2.75) is 12.8 Å². The van der Waals surface area contributed by atoms with Crippen LogP contribution in [0.2, 0.25) is 5.02 Å². The van der Waals surface area contributed by atoms with Gasteiger partial charge in [0.05, 0.1) is 10.9 Å². The van der Waals surface area contributed by atoms with Gasteiger partial charge in [0, 0.05) is 0 Å². The van der Waals surface area contributed by atoms with Gasteiger partial charge in [-0.1, -0.05) is 35.9 Å². The molecule has 0 aliphatic rings. The van der Waals surface area contributed by atoms with E-state index in [0.29, 0.717) is 11.1 Å². The third-order valence-electron chi connectivity index (χ3n) is 3.24. The number of hydrogen-bond acceptors (Lipinski definition) is 1. The van der Waals surface area contributed by atoms with E-state index in [1.807, 2.05) is 0 Å². The highest BCUT2D eigenvalue weighted by Gasteiger charge is 2.20. The van der Waals surface area contributed by atoms with Crippen molar-refractivity contribution in [3.63, 3.8) is 0 Å². The number of carbonyl (C=O) groups is 1. The highest BCUT2D eigenvalue weighted by Crippen LogP contribution is 2.21. The van der Waals surface area contributed by atoms with Gasteiger partial charge in [0.15, 0.2) is 0 Å². The van der Waals surface area contributed by atoms with Crippen LogP contribution in [0.5, 0.6) is 0 Å². The zero-order valence-corrected chi connectivity index (χ0v) is 11.8. The summed E-state index contributed by atoms with van der Waals surface area (Å²) in [6.07, 6.45) is 0.223. The Hall–Kier alpha value is -1.94. The number of carboxylic acids is 1. The smallest absolute Gasteiger partial charge is 0.307 e. The number of aliphatic carboxylic acids is 1. The molecule has 2 aromatic carbocycles. The maximum absolute atomic E-state index is 13.6. The van der Waals surface area contributed by atoms with Gasteiger partial charge in [-0.2, -0.15) is 0 Å². The van der Waals surface area contributed by atoms with Gasteiger partial charge in [-0.15, -0.1) is 0 Å². The predicted octanol–water partition coefficient (Wildman–Crippen LogP) is 4.10. The van der Waals surface area contributed by atoms with Gasteiger partial charge in [-0.3, -0.25) is 4.79 Å². The molecule has 2 nitrogen and oxygen atoms in total. The molecule has 1 unspecified atom stereocenters. The lowest BCUT2D eigenvalue weighted by molar-refractivity contribution is -0.141. The molecule has 0 heterocycles. The Kier molecular flexibility index (Phi) is 4.91. The van der Waals surface area contributed by atoms with Gasteiger partial charge in [0.25, 0.3) is 0 Å². The Labute approximate surface area is 126 Å². The highest BCUT2D eigenvalue weighted by molar-refractivity contribution is 6.30. The largest absolute Gasteiger partial charge is 0.481 e. The fraction of sp³-hybridized carbons (Fsp3) is 0.188. The molecule has 2 aromatic rings. The SMILES string of the molecule is O=C(O)C(Cc1ccc(F)c(Cl)c1)Cc1ccccc1F. The van der Waals surface area contributed by atoms with Crippen LogP contribution in [0, 0.1) is 17.6 Å². The van der Waals surface area contributed by atoms with E-state index in [-0.39, 0.29) is 17.9 Å². The normalized spacial score (nSPS) is 12.1. The summed E-state index contributed by atoms with van der Waals surface area (Å²) in [5.74, 6) is -2.82. The molecule has 0 saturated heterocycles. The molecule has 0 bridgehead atoms. The van der Waals surface area contributed by atoms with Crippen molar-refractivity contribution in [3.05, 3.63) is 70.2 Å². The van der Waals surface area contributed by atoms with E-state index in [1.165, 1.54) is 24.3 Å². The molecule has 110 valence electrons. The fourth-order valence-electron chi connectivity index (χ4n) is 2.13. The van der Waals surface area contributed by atoms with E-state index in [9.17, 15) is 18.7 Å². The Morgan fingerprint density at radius 2 is 1.81 bits per heavy atom. The summed E-state index contributed by atoms with van der Waals surface area (Å²) in [6.45, 7) is 0. The van der Waals surface area contributed by atoms with Crippen LogP contribution in [0.15, 0.2) is 42.5 Å². The minimum atomic E-state index is -1.03. The molecule has 0 radical (unpaired) electrons. The lowest BCUT2D eigenvalue weighted by Crippen LogP contribution is -2.19. The quantitative estimate of drug-likeness (QED) is 0.902. The number of rotatable bonds is 5. The van der Waals surface area contributed by atoms with Crippen LogP contribution in [-0.4, -0.2) is 11.1 Å². The van der Waals surface area contributed by atoms with Crippen LogP contribution < -0.4 is 0 Å².